The van der Waals surface area contributed by atoms with Gasteiger partial charge in [0.1, 0.15) is 0 Å². The van der Waals surface area contributed by atoms with Crippen molar-refractivity contribution < 1.29 is 14.3 Å². The molecule has 1 unspecified atom stereocenters. The van der Waals surface area contributed by atoms with Gasteiger partial charge in [-0.25, -0.2) is 10.0 Å². The van der Waals surface area contributed by atoms with Crippen LogP contribution in [0, 0.1) is 0 Å². The van der Waals surface area contributed by atoms with Crippen molar-refractivity contribution in [3.63, 3.8) is 0 Å². The van der Waals surface area contributed by atoms with Crippen LogP contribution in [0.4, 0.5) is 5.82 Å². The molecule has 1 aliphatic carbocycles. The number of hydrogen-bond acceptors (Lipinski definition) is 4. The molecule has 7 nitrogen and oxygen atoms in total. The normalized spacial score (nSPS) is 19.8. The molecular formula is C26H38N4O3S. The third-order valence-electron chi connectivity index (χ3n) is 7.83. The fourth-order valence-corrected chi connectivity index (χ4v) is 7.47. The lowest BCUT2D eigenvalue weighted by Gasteiger charge is -2.53. The Kier molecular flexibility index (Phi) is 6.59. The van der Waals surface area contributed by atoms with Crippen LogP contribution in [0.5, 0.6) is 0 Å². The highest BCUT2D eigenvalue weighted by atomic mass is 32.3. The van der Waals surface area contributed by atoms with E-state index in [1.54, 1.807) is 7.11 Å². The minimum atomic E-state index is -1.07. The molecule has 0 saturated heterocycles. The number of methoxy groups -OCH3 is 1. The number of carbonyl (C=O) groups excluding carboxylic acids is 2. The van der Waals surface area contributed by atoms with Gasteiger partial charge in [0.25, 0.3) is 0 Å². The summed E-state index contributed by atoms with van der Waals surface area (Å²) in [7, 11) is 0.590. The molecule has 1 aromatic carbocycles. The summed E-state index contributed by atoms with van der Waals surface area (Å²) in [6.07, 6.45) is 10.2. The Morgan fingerprint density at radius 3 is 2.44 bits per heavy atom. The monoisotopic (exact) mass is 486 g/mol. The number of ether oxygens (including phenoxy) is 1. The minimum absolute atomic E-state index is 0.0599. The minimum Gasteiger partial charge on any atom is -0.385 e. The van der Waals surface area contributed by atoms with Gasteiger partial charge >= 0.3 is 0 Å². The Hall–Kier alpha value is -2.32. The van der Waals surface area contributed by atoms with E-state index in [0.717, 1.165) is 36.1 Å². The van der Waals surface area contributed by atoms with Crippen LogP contribution >= 0.6 is 10.0 Å². The van der Waals surface area contributed by atoms with Crippen molar-refractivity contribution in [3.05, 3.63) is 47.2 Å². The molecule has 4 rings (SSSR count). The molecule has 2 N–H and O–H groups in total. The van der Waals surface area contributed by atoms with Crippen molar-refractivity contribution in [2.75, 3.05) is 37.8 Å². The van der Waals surface area contributed by atoms with Gasteiger partial charge in [0.05, 0.1) is 28.4 Å². The van der Waals surface area contributed by atoms with Crippen molar-refractivity contribution >= 4 is 27.7 Å². The summed E-state index contributed by atoms with van der Waals surface area (Å²) in [5.74, 6) is 0.398. The first-order valence-corrected chi connectivity index (χ1v) is 14.8. The van der Waals surface area contributed by atoms with E-state index in [4.69, 9.17) is 4.74 Å². The molecule has 0 spiro atoms. The Balaban J connectivity index is 1.59. The molecule has 1 saturated carbocycles. The van der Waals surface area contributed by atoms with E-state index in [0.29, 0.717) is 25.4 Å². The van der Waals surface area contributed by atoms with Crippen LogP contribution in [0.15, 0.2) is 30.3 Å². The average Bonchev–Trinajstić information content (AvgIpc) is 3.25. The molecule has 8 heteroatoms. The number of anilines is 1. The SMILES string of the molecule is COCCC(C(=O)N1Cc2c(NC(=O)C3(S(C)(C)C)CCC3)n[nH]c2C1(C)C)c1ccccc1. The predicted molar refractivity (Wildman–Crippen MR) is 138 cm³/mol. The summed E-state index contributed by atoms with van der Waals surface area (Å²) in [6.45, 7) is 4.99. The van der Waals surface area contributed by atoms with E-state index in [2.05, 4.69) is 34.3 Å². The van der Waals surface area contributed by atoms with Gasteiger partial charge < -0.3 is 15.0 Å². The number of nitrogens with zero attached hydrogens (tertiary/aromatic N) is 2. The second-order valence-electron chi connectivity index (χ2n) is 10.8. The Bertz CT molecular complexity index is 1050. The molecule has 34 heavy (non-hydrogen) atoms. The highest BCUT2D eigenvalue weighted by Crippen LogP contribution is 2.60. The van der Waals surface area contributed by atoms with E-state index in [1.807, 2.05) is 49.1 Å². The van der Waals surface area contributed by atoms with Gasteiger partial charge in [0, 0.05) is 19.3 Å². The number of nitrogens with one attached hydrogen (secondary N) is 2. The summed E-state index contributed by atoms with van der Waals surface area (Å²) in [5, 5.41) is 10.8. The van der Waals surface area contributed by atoms with Crippen molar-refractivity contribution in [2.45, 2.75) is 62.3 Å². The Labute approximate surface area is 204 Å². The van der Waals surface area contributed by atoms with Gasteiger partial charge in [0.2, 0.25) is 11.8 Å². The number of carbonyl (C=O) groups is 2. The molecule has 2 amide bonds. The average molecular weight is 487 g/mol. The number of fused-ring (bicyclic) bond motifs is 1. The lowest BCUT2D eigenvalue weighted by atomic mass is 9.83. The molecule has 2 aromatic rings. The molecule has 0 bridgehead atoms. The van der Waals surface area contributed by atoms with Crippen molar-refractivity contribution in [1.29, 1.82) is 0 Å². The number of H-pyrrole nitrogens is 1. The molecule has 2 heterocycles. The number of benzene rings is 1. The van der Waals surface area contributed by atoms with E-state index in [9.17, 15) is 9.59 Å². The zero-order valence-electron chi connectivity index (χ0n) is 21.2. The maximum atomic E-state index is 13.9. The number of hydrogen-bond donors (Lipinski definition) is 2. The second kappa shape index (κ2) is 9.04. The van der Waals surface area contributed by atoms with E-state index in [-0.39, 0.29) is 22.5 Å². The molecule has 186 valence electrons. The van der Waals surface area contributed by atoms with Crippen LogP contribution < -0.4 is 5.32 Å². The third-order valence-corrected chi connectivity index (χ3v) is 10.8. The second-order valence-corrected chi connectivity index (χ2v) is 15.2. The summed E-state index contributed by atoms with van der Waals surface area (Å²) in [6, 6.07) is 9.89. The van der Waals surface area contributed by atoms with E-state index < -0.39 is 15.6 Å². The van der Waals surface area contributed by atoms with Gasteiger partial charge in [-0.2, -0.15) is 5.10 Å². The summed E-state index contributed by atoms with van der Waals surface area (Å²) in [4.78, 5) is 29.2. The van der Waals surface area contributed by atoms with Gasteiger partial charge in [-0.15, -0.1) is 0 Å². The van der Waals surface area contributed by atoms with Crippen LogP contribution in [0.25, 0.3) is 0 Å². The fraction of sp³-hybridized carbons (Fsp3) is 0.577. The predicted octanol–water partition coefficient (Wildman–Crippen LogP) is 4.36. The van der Waals surface area contributed by atoms with Crippen LogP contribution in [-0.2, 0) is 26.4 Å². The lowest BCUT2D eigenvalue weighted by Crippen LogP contribution is -2.51. The summed E-state index contributed by atoms with van der Waals surface area (Å²) < 4.78 is 5.02. The summed E-state index contributed by atoms with van der Waals surface area (Å²) in [5.41, 5.74) is 2.22. The van der Waals surface area contributed by atoms with Crippen LogP contribution in [0.3, 0.4) is 0 Å². The highest BCUT2D eigenvalue weighted by Gasteiger charge is 2.51. The van der Waals surface area contributed by atoms with Gasteiger partial charge in [-0.05, 0) is 63.9 Å². The largest absolute Gasteiger partial charge is 0.385 e. The van der Waals surface area contributed by atoms with Crippen LogP contribution in [0.1, 0.15) is 62.3 Å². The van der Waals surface area contributed by atoms with Crippen molar-refractivity contribution in [3.8, 4) is 0 Å². The number of rotatable bonds is 8. The first kappa shape index (κ1) is 24.8. The third kappa shape index (κ3) is 4.05. The molecular weight excluding hydrogens is 448 g/mol. The van der Waals surface area contributed by atoms with Gasteiger partial charge in [-0.1, -0.05) is 30.3 Å². The van der Waals surface area contributed by atoms with Gasteiger partial charge in [-0.3, -0.25) is 14.7 Å². The highest BCUT2D eigenvalue weighted by molar-refractivity contribution is 8.33. The molecule has 1 aromatic heterocycles. The topological polar surface area (TPSA) is 87.3 Å². The smallest absolute Gasteiger partial charge is 0.240 e. The molecule has 1 atom stereocenters. The fourth-order valence-electron chi connectivity index (χ4n) is 5.35. The lowest BCUT2D eigenvalue weighted by molar-refractivity contribution is -0.138. The maximum absolute atomic E-state index is 13.9. The molecule has 0 radical (unpaired) electrons. The number of aromatic amines is 1. The quantitative estimate of drug-likeness (QED) is 0.580. The van der Waals surface area contributed by atoms with E-state index in [1.165, 1.54) is 0 Å². The van der Waals surface area contributed by atoms with Crippen LogP contribution in [0.2, 0.25) is 0 Å². The summed E-state index contributed by atoms with van der Waals surface area (Å²) >= 11 is 0. The number of amides is 2. The van der Waals surface area contributed by atoms with Crippen LogP contribution in [-0.4, -0.2) is 64.1 Å². The molecule has 1 fully saturated rings. The first-order valence-electron chi connectivity index (χ1n) is 12.0. The standard InChI is InChI=1S/C26H38N4O3S/c1-25(2)21-20(22(29-28-21)27-24(32)26(14-10-15-26)34(4,5)6)17-30(25)23(31)19(13-16-33-3)18-11-8-7-9-12-18/h7-9,11-12,19H,10,13-17H2,1-6H3,(H2,27,28,29,32). The Morgan fingerprint density at radius 2 is 1.88 bits per heavy atom. The van der Waals surface area contributed by atoms with E-state index >= 15 is 0 Å². The first-order chi connectivity index (χ1) is 16.0. The molecule has 2 aliphatic rings. The molecule has 1 aliphatic heterocycles. The van der Waals surface area contributed by atoms with Crippen molar-refractivity contribution in [2.24, 2.45) is 0 Å². The number of aromatic nitrogens is 2. The van der Waals surface area contributed by atoms with Gasteiger partial charge in [0.15, 0.2) is 5.82 Å². The zero-order valence-corrected chi connectivity index (χ0v) is 22.1. The zero-order chi connectivity index (χ0) is 24.7. The maximum Gasteiger partial charge on any atom is 0.240 e. The Morgan fingerprint density at radius 1 is 1.21 bits per heavy atom. The van der Waals surface area contributed by atoms with Crippen molar-refractivity contribution in [1.82, 2.24) is 15.1 Å².